The Hall–Kier alpha value is -1.96. The Morgan fingerprint density at radius 1 is 1.12 bits per heavy atom. The molecule has 40 heavy (non-hydrogen) atoms. The lowest BCUT2D eigenvalue weighted by Crippen LogP contribution is -2.33. The van der Waals surface area contributed by atoms with Crippen LogP contribution in [0.25, 0.3) is 11.2 Å². The van der Waals surface area contributed by atoms with E-state index in [-0.39, 0.29) is 16.3 Å². The number of hydrogen-bond donors (Lipinski definition) is 5. The Kier molecular flexibility index (Phi) is 7.11. The highest BCUT2D eigenvalue weighted by molar-refractivity contribution is 7.70. The molecular formula is C23H28ClN5O9P2. The van der Waals surface area contributed by atoms with E-state index >= 15 is 0 Å². The lowest BCUT2D eigenvalue weighted by Gasteiger charge is -2.26. The number of aliphatic hydroxyl groups is 2. The van der Waals surface area contributed by atoms with Crippen LogP contribution in [-0.2, 0) is 30.2 Å². The quantitative estimate of drug-likeness (QED) is 0.189. The summed E-state index contributed by atoms with van der Waals surface area (Å²) in [5.41, 5.74) is 3.42. The summed E-state index contributed by atoms with van der Waals surface area (Å²) in [4.78, 5) is 43.1. The van der Waals surface area contributed by atoms with Gasteiger partial charge in [-0.25, -0.2) is 4.98 Å². The first-order valence-electron chi connectivity index (χ1n) is 12.6. The summed E-state index contributed by atoms with van der Waals surface area (Å²) in [5.74, 6) is -0.843. The van der Waals surface area contributed by atoms with Crippen molar-refractivity contribution in [2.45, 2.75) is 49.2 Å². The van der Waals surface area contributed by atoms with E-state index in [2.05, 4.69) is 44.1 Å². The van der Waals surface area contributed by atoms with Crippen LogP contribution in [0, 0.1) is 0 Å². The highest BCUT2D eigenvalue weighted by atomic mass is 35.5. The molecule has 1 aliphatic carbocycles. The number of anilines is 1. The maximum Gasteiger partial charge on any atom is 0.340 e. The summed E-state index contributed by atoms with van der Waals surface area (Å²) in [6.45, 7) is 0.767. The van der Waals surface area contributed by atoms with Crippen molar-refractivity contribution in [3.05, 3.63) is 47.0 Å². The van der Waals surface area contributed by atoms with Crippen molar-refractivity contribution in [3.8, 4) is 0 Å². The number of aromatic nitrogens is 4. The van der Waals surface area contributed by atoms with Gasteiger partial charge in [-0.2, -0.15) is 9.97 Å². The maximum absolute atomic E-state index is 12.0. The Bertz CT molecular complexity index is 1550. The summed E-state index contributed by atoms with van der Waals surface area (Å²) in [6.07, 6.45) is -1.16. The number of aliphatic hydroxyl groups excluding tert-OH is 2. The molecule has 3 aromatic rings. The molecule has 0 radical (unpaired) electrons. The van der Waals surface area contributed by atoms with Crippen molar-refractivity contribution in [1.82, 2.24) is 19.5 Å². The average Bonchev–Trinajstić information content (AvgIpc) is 3.64. The fourth-order valence-corrected chi connectivity index (χ4v) is 8.81. The van der Waals surface area contributed by atoms with Crippen molar-refractivity contribution in [2.24, 2.45) is 0 Å². The molecule has 2 fully saturated rings. The Labute approximate surface area is 233 Å². The maximum atomic E-state index is 12.0. The van der Waals surface area contributed by atoms with Crippen LogP contribution in [0.15, 0.2) is 30.6 Å². The van der Waals surface area contributed by atoms with Crippen LogP contribution in [0.3, 0.4) is 0 Å². The summed E-state index contributed by atoms with van der Waals surface area (Å²) in [6, 6.07) is 8.48. The number of hydrogen-bond acceptors (Lipinski definition) is 10. The number of benzene rings is 1. The highest BCUT2D eigenvalue weighted by Crippen LogP contribution is 2.55. The summed E-state index contributed by atoms with van der Waals surface area (Å²) in [7, 11) is -9.52. The average molecular weight is 616 g/mol. The van der Waals surface area contributed by atoms with E-state index in [4.69, 9.17) is 30.6 Å². The van der Waals surface area contributed by atoms with Gasteiger partial charge in [0.05, 0.1) is 12.9 Å². The van der Waals surface area contributed by atoms with Crippen molar-refractivity contribution in [1.29, 1.82) is 0 Å². The minimum atomic E-state index is -4.83. The van der Waals surface area contributed by atoms with Gasteiger partial charge in [0.1, 0.15) is 18.3 Å². The first-order valence-corrected chi connectivity index (χ1v) is 16.6. The lowest BCUT2D eigenvalue weighted by molar-refractivity contribution is -0.0483. The smallest absolute Gasteiger partial charge is 0.340 e. The van der Waals surface area contributed by atoms with Crippen LogP contribution in [0.5, 0.6) is 0 Å². The first kappa shape index (κ1) is 28.2. The molecule has 3 aliphatic rings. The van der Waals surface area contributed by atoms with E-state index in [9.17, 15) is 24.2 Å². The minimum Gasteiger partial charge on any atom is -0.387 e. The number of ether oxygens (including phenoxy) is 1. The van der Waals surface area contributed by atoms with Crippen LogP contribution in [0.4, 0.5) is 5.82 Å². The van der Waals surface area contributed by atoms with E-state index < -0.39 is 52.2 Å². The third-order valence-electron chi connectivity index (χ3n) is 7.91. The third kappa shape index (κ3) is 5.11. The molecular weight excluding hydrogens is 588 g/mol. The first-order chi connectivity index (χ1) is 18.9. The molecule has 0 bridgehead atoms. The molecule has 216 valence electrons. The molecule has 5 N–H and O–H groups in total. The molecule has 1 spiro atoms. The van der Waals surface area contributed by atoms with E-state index in [1.807, 2.05) is 0 Å². The molecule has 17 heteroatoms. The second-order valence-corrected chi connectivity index (χ2v) is 14.9. The van der Waals surface area contributed by atoms with E-state index in [1.165, 1.54) is 22.0 Å². The van der Waals surface area contributed by atoms with E-state index in [0.717, 1.165) is 32.4 Å². The Balaban J connectivity index is 1.24. The van der Waals surface area contributed by atoms with Crippen LogP contribution in [-0.4, -0.2) is 88.3 Å². The van der Waals surface area contributed by atoms with Gasteiger partial charge in [0.25, 0.3) is 0 Å². The van der Waals surface area contributed by atoms with Gasteiger partial charge in [-0.1, -0.05) is 24.3 Å². The molecule has 2 aromatic heterocycles. The monoisotopic (exact) mass is 615 g/mol. The second-order valence-electron chi connectivity index (χ2n) is 10.5. The van der Waals surface area contributed by atoms with Crippen molar-refractivity contribution in [3.63, 3.8) is 0 Å². The second kappa shape index (κ2) is 10.1. The van der Waals surface area contributed by atoms with Gasteiger partial charge in [0.15, 0.2) is 29.1 Å². The highest BCUT2D eigenvalue weighted by Gasteiger charge is 2.47. The predicted octanol–water partition coefficient (Wildman–Crippen LogP) is 1.53. The minimum absolute atomic E-state index is 0.0108. The fourth-order valence-electron chi connectivity index (χ4n) is 6.08. The standard InChI is InChI=1S/C23H28ClN5O9P2/c24-22-26-19(28-8-7-23(10-28)6-5-13-3-1-2-4-14(13)23)16-20(27-22)29(11-25-16)21-18(31)17(30)15(38-21)9-37-40(35,36)12-39(32,33)34/h1-4,11,15,17-18,21,30-31H,5-10,12H2,(H,35,36)(H2,32,33,34). The van der Waals surface area contributed by atoms with Gasteiger partial charge in [-0.3, -0.25) is 13.7 Å². The van der Waals surface area contributed by atoms with Gasteiger partial charge in [-0.05, 0) is 42.0 Å². The van der Waals surface area contributed by atoms with E-state index in [1.54, 1.807) is 0 Å². The molecule has 0 saturated carbocycles. The molecule has 4 heterocycles. The molecule has 0 amide bonds. The Morgan fingerprint density at radius 2 is 1.90 bits per heavy atom. The van der Waals surface area contributed by atoms with Crippen molar-refractivity contribution >= 4 is 43.8 Å². The van der Waals surface area contributed by atoms with Crippen molar-refractivity contribution in [2.75, 3.05) is 30.5 Å². The van der Waals surface area contributed by atoms with Crippen molar-refractivity contribution < 1.29 is 43.3 Å². The third-order valence-corrected chi connectivity index (χ3v) is 11.5. The Morgan fingerprint density at radius 3 is 2.67 bits per heavy atom. The fraction of sp³-hybridized carbons (Fsp3) is 0.522. The van der Waals surface area contributed by atoms with Gasteiger partial charge in [0.2, 0.25) is 5.28 Å². The SMILES string of the molecule is O=P(O)(O)CP(=O)(O)OCC1OC(n2cnc3c(N4CCC5(CCc6ccccc65)C4)nc(Cl)nc32)C(O)C1O. The zero-order chi connectivity index (χ0) is 28.4. The van der Waals surface area contributed by atoms with Gasteiger partial charge in [0, 0.05) is 18.5 Å². The molecule has 6 rings (SSSR count). The van der Waals surface area contributed by atoms with Gasteiger partial charge in [-0.15, -0.1) is 0 Å². The normalized spacial score (nSPS) is 29.9. The molecule has 6 atom stereocenters. The molecule has 2 aliphatic heterocycles. The largest absolute Gasteiger partial charge is 0.387 e. The van der Waals surface area contributed by atoms with Crippen LogP contribution in [0.2, 0.25) is 5.28 Å². The number of rotatable bonds is 7. The summed E-state index contributed by atoms with van der Waals surface area (Å²) in [5, 5.41) is 21.2. The predicted molar refractivity (Wildman–Crippen MR) is 142 cm³/mol. The van der Waals surface area contributed by atoms with Gasteiger partial charge >= 0.3 is 15.2 Å². The number of aryl methyl sites for hydroxylation is 1. The molecule has 6 unspecified atom stereocenters. The summed E-state index contributed by atoms with van der Waals surface area (Å²) < 4.78 is 35.0. The number of imidazole rings is 1. The van der Waals surface area contributed by atoms with Gasteiger partial charge < -0.3 is 39.1 Å². The van der Waals surface area contributed by atoms with Crippen LogP contribution < -0.4 is 4.90 Å². The van der Waals surface area contributed by atoms with E-state index in [0.29, 0.717) is 11.3 Å². The molecule has 1 aromatic carbocycles. The lowest BCUT2D eigenvalue weighted by atomic mass is 9.81. The molecule has 2 saturated heterocycles. The van der Waals surface area contributed by atoms with Crippen LogP contribution >= 0.6 is 26.8 Å². The topological polar surface area (TPSA) is 201 Å². The number of halogens is 1. The summed E-state index contributed by atoms with van der Waals surface area (Å²) >= 11 is 6.33. The zero-order valence-electron chi connectivity index (χ0n) is 21.0. The number of nitrogens with zero attached hydrogens (tertiary/aromatic N) is 5. The zero-order valence-corrected chi connectivity index (χ0v) is 23.6. The molecule has 14 nitrogen and oxygen atoms in total. The number of fused-ring (bicyclic) bond motifs is 3. The van der Waals surface area contributed by atoms with Crippen LogP contribution in [0.1, 0.15) is 30.2 Å².